The smallest absolute Gasteiger partial charge is 0.221 e. The maximum absolute atomic E-state index is 10.7. The Hall–Kier alpha value is 0.260. The highest BCUT2D eigenvalue weighted by Gasteiger charge is 2.29. The van der Waals surface area contributed by atoms with Crippen molar-refractivity contribution in [3.8, 4) is 0 Å². The zero-order valence-electron chi connectivity index (χ0n) is 3.21. The van der Waals surface area contributed by atoms with E-state index in [4.69, 9.17) is 0 Å². The van der Waals surface area contributed by atoms with E-state index in [2.05, 4.69) is 25.4 Å². The predicted molar refractivity (Wildman–Crippen MR) is 18.9 cm³/mol. The van der Waals surface area contributed by atoms with E-state index in [1.165, 1.54) is 0 Å². The average molecular weight is 168 g/mol. The number of hydrogen-bond donors (Lipinski definition) is 0. The molecule has 4 nitrogen and oxygen atoms in total. The van der Waals surface area contributed by atoms with Crippen LogP contribution in [0.3, 0.4) is 0 Å². The van der Waals surface area contributed by atoms with Gasteiger partial charge in [0.05, 0.1) is 11.9 Å². The Morgan fingerprint density at radius 1 is 1.38 bits per heavy atom. The van der Waals surface area contributed by atoms with Gasteiger partial charge < -0.3 is 0 Å². The summed E-state index contributed by atoms with van der Waals surface area (Å²) in [7, 11) is -4.73. The van der Waals surface area contributed by atoms with Gasteiger partial charge in [-0.1, -0.05) is 9.46 Å². The van der Waals surface area contributed by atoms with Gasteiger partial charge in [0.15, 0.2) is 0 Å². The molecule has 0 spiro atoms. The third-order valence-corrected chi connectivity index (χ3v) is 1.27. The molecule has 0 saturated heterocycles. The molecule has 0 unspecified atom stereocenters. The van der Waals surface area contributed by atoms with Gasteiger partial charge in [-0.15, -0.1) is 0 Å². The molecule has 0 aromatic heterocycles. The fourth-order valence-electron chi connectivity index (χ4n) is 0.0319. The topological polar surface area (TPSA) is 44.8 Å². The molecule has 0 fully saturated rings. The number of hydrogen-bond acceptors (Lipinski definition) is 4. The Bertz CT molecular complexity index is 85.2. The van der Waals surface area contributed by atoms with Crippen LogP contribution in [0, 0.1) is 0 Å². The fraction of sp³-hybridized carbons (Fsp3) is 0. The van der Waals surface area contributed by atoms with Crippen molar-refractivity contribution >= 4 is 19.7 Å². The first-order valence-electron chi connectivity index (χ1n) is 1.19. The second kappa shape index (κ2) is 3.32. The SMILES string of the molecule is O=P(OF)(OF)OCl. The molecular weight excluding hydrogens is 168 g/mol. The molecule has 50 valence electrons. The van der Waals surface area contributed by atoms with Gasteiger partial charge in [0.2, 0.25) is 0 Å². The van der Waals surface area contributed by atoms with E-state index in [1.807, 2.05) is 0 Å². The van der Waals surface area contributed by atoms with Crippen LogP contribution in [0.15, 0.2) is 0 Å². The van der Waals surface area contributed by atoms with Crippen LogP contribution >= 0.6 is 19.7 Å². The Morgan fingerprint density at radius 2 is 1.75 bits per heavy atom. The quantitative estimate of drug-likeness (QED) is 0.605. The van der Waals surface area contributed by atoms with E-state index in [0.29, 0.717) is 0 Å². The highest BCUT2D eigenvalue weighted by Crippen LogP contribution is 2.51. The molecule has 0 aromatic rings. The molecule has 8 heteroatoms. The minimum absolute atomic E-state index is 2.34. The molecule has 0 N–H and O–H groups in total. The molecule has 0 bridgehead atoms. The number of phosphoric acid groups is 1. The third-order valence-electron chi connectivity index (χ3n) is 0.254. The fourth-order valence-corrected chi connectivity index (χ4v) is 0.224. The van der Waals surface area contributed by atoms with Gasteiger partial charge in [-0.05, 0) is 9.05 Å². The molecule has 0 aliphatic rings. The Labute approximate surface area is 47.9 Å². The van der Waals surface area contributed by atoms with Gasteiger partial charge in [-0.2, -0.15) is 4.08 Å². The van der Waals surface area contributed by atoms with Crippen LogP contribution in [0.5, 0.6) is 0 Å². The Kier molecular flexibility index (Phi) is 3.43. The lowest BCUT2D eigenvalue weighted by molar-refractivity contribution is -0.106. The van der Waals surface area contributed by atoms with E-state index in [1.54, 1.807) is 0 Å². The normalized spacial score (nSPS) is 11.9. The minimum atomic E-state index is -4.73. The molecule has 0 amide bonds. The molecule has 0 atom stereocenters. The summed E-state index contributed by atoms with van der Waals surface area (Å²) in [6.07, 6.45) is 0. The van der Waals surface area contributed by atoms with Crippen LogP contribution in [-0.2, 0) is 18.1 Å². The largest absolute Gasteiger partial charge is 0.553 e. The first kappa shape index (κ1) is 8.26. The lowest BCUT2D eigenvalue weighted by atomic mass is 15.5. The number of halogens is 3. The molecule has 0 rings (SSSR count). The summed E-state index contributed by atoms with van der Waals surface area (Å²) < 4.78 is 38.9. The van der Waals surface area contributed by atoms with Crippen molar-refractivity contribution in [1.29, 1.82) is 0 Å². The van der Waals surface area contributed by atoms with E-state index >= 15 is 0 Å². The molecular formula is ClF2O4P. The lowest BCUT2D eigenvalue weighted by Crippen LogP contribution is -1.78. The minimum Gasteiger partial charge on any atom is -0.221 e. The lowest BCUT2D eigenvalue weighted by Gasteiger charge is -1.96. The predicted octanol–water partition coefficient (Wildman–Crippen LogP) is 2.07. The van der Waals surface area contributed by atoms with Crippen molar-refractivity contribution in [3.05, 3.63) is 0 Å². The van der Waals surface area contributed by atoms with Crippen LogP contribution in [0.4, 0.5) is 9.05 Å². The Balaban J connectivity index is 3.79. The monoisotopic (exact) mass is 168 g/mol. The van der Waals surface area contributed by atoms with Gasteiger partial charge in [-0.3, -0.25) is 0 Å². The zero-order chi connectivity index (χ0) is 6.62. The Morgan fingerprint density at radius 3 is 1.75 bits per heavy atom. The van der Waals surface area contributed by atoms with Gasteiger partial charge in [0, 0.05) is 0 Å². The van der Waals surface area contributed by atoms with Crippen LogP contribution in [0.1, 0.15) is 0 Å². The maximum Gasteiger partial charge on any atom is 0.553 e. The summed E-state index contributed by atoms with van der Waals surface area (Å²) in [5, 5.41) is 0. The summed E-state index contributed by atoms with van der Waals surface area (Å²) in [6, 6.07) is 0. The molecule has 0 aliphatic heterocycles. The first-order valence-corrected chi connectivity index (χ1v) is 2.96. The van der Waals surface area contributed by atoms with E-state index in [0.717, 1.165) is 0 Å². The third kappa shape index (κ3) is 2.02. The van der Waals surface area contributed by atoms with Gasteiger partial charge in [0.1, 0.15) is 0 Å². The van der Waals surface area contributed by atoms with Crippen molar-refractivity contribution in [1.82, 2.24) is 0 Å². The highest BCUT2D eigenvalue weighted by atomic mass is 35.5. The molecule has 0 aromatic carbocycles. The molecule has 0 saturated carbocycles. The van der Waals surface area contributed by atoms with Crippen LogP contribution in [0.2, 0.25) is 0 Å². The van der Waals surface area contributed by atoms with Crippen LogP contribution in [-0.4, -0.2) is 0 Å². The summed E-state index contributed by atoms with van der Waals surface area (Å²) in [5.41, 5.74) is 0. The standard InChI is InChI=1S/ClF2O4P/c1-5-8(4,6-2)7-3. The first-order chi connectivity index (χ1) is 3.68. The van der Waals surface area contributed by atoms with Gasteiger partial charge in [-0.25, -0.2) is 4.57 Å². The second-order valence-electron chi connectivity index (χ2n) is 0.654. The van der Waals surface area contributed by atoms with Crippen LogP contribution in [0.25, 0.3) is 0 Å². The second-order valence-corrected chi connectivity index (χ2v) is 2.38. The van der Waals surface area contributed by atoms with E-state index in [9.17, 15) is 13.6 Å². The summed E-state index contributed by atoms with van der Waals surface area (Å²) in [4.78, 5) is 0. The summed E-state index contributed by atoms with van der Waals surface area (Å²) in [5.74, 6) is 0. The molecule has 0 heterocycles. The van der Waals surface area contributed by atoms with E-state index in [-0.39, 0.29) is 0 Å². The molecule has 0 aliphatic carbocycles. The van der Waals surface area contributed by atoms with Gasteiger partial charge in [0.25, 0.3) is 0 Å². The van der Waals surface area contributed by atoms with Crippen molar-refractivity contribution in [2.75, 3.05) is 0 Å². The van der Waals surface area contributed by atoms with Crippen LogP contribution < -0.4 is 0 Å². The molecule has 0 radical (unpaired) electrons. The zero-order valence-corrected chi connectivity index (χ0v) is 4.86. The van der Waals surface area contributed by atoms with Crippen molar-refractivity contribution in [2.24, 2.45) is 0 Å². The summed E-state index contributed by atoms with van der Waals surface area (Å²) >= 11 is 4.22. The number of rotatable bonds is 3. The highest BCUT2D eigenvalue weighted by molar-refractivity contribution is 7.49. The summed E-state index contributed by atoms with van der Waals surface area (Å²) in [6.45, 7) is 0. The van der Waals surface area contributed by atoms with Crippen molar-refractivity contribution in [2.45, 2.75) is 0 Å². The van der Waals surface area contributed by atoms with Crippen molar-refractivity contribution < 1.29 is 27.2 Å². The molecule has 8 heavy (non-hydrogen) atoms. The van der Waals surface area contributed by atoms with Crippen molar-refractivity contribution in [3.63, 3.8) is 0 Å². The van der Waals surface area contributed by atoms with E-state index < -0.39 is 7.82 Å². The maximum atomic E-state index is 10.7. The van der Waals surface area contributed by atoms with Gasteiger partial charge >= 0.3 is 7.82 Å². The average Bonchev–Trinajstić information content (AvgIpc) is 1.87.